The van der Waals surface area contributed by atoms with Gasteiger partial charge in [0.2, 0.25) is 0 Å². The average Bonchev–Trinajstić information content (AvgIpc) is 3.16. The van der Waals surface area contributed by atoms with Gasteiger partial charge in [-0.05, 0) is 36.8 Å². The van der Waals surface area contributed by atoms with E-state index in [1.54, 1.807) is 41.5 Å². The van der Waals surface area contributed by atoms with E-state index in [1.165, 1.54) is 0 Å². The fourth-order valence-electron chi connectivity index (χ4n) is 2.53. The summed E-state index contributed by atoms with van der Waals surface area (Å²) in [6.07, 6.45) is 3.24. The van der Waals surface area contributed by atoms with Crippen LogP contribution in [-0.2, 0) is 6.54 Å². The van der Waals surface area contributed by atoms with Gasteiger partial charge in [0, 0.05) is 5.56 Å². The Hall–Kier alpha value is -3.15. The largest absolute Gasteiger partial charge is 0.494 e. The Balaban J connectivity index is 1.76. The van der Waals surface area contributed by atoms with Gasteiger partial charge in [-0.1, -0.05) is 30.3 Å². The van der Waals surface area contributed by atoms with E-state index in [0.29, 0.717) is 18.7 Å². The smallest absolute Gasteiger partial charge is 0.251 e. The van der Waals surface area contributed by atoms with Crippen molar-refractivity contribution in [2.24, 2.45) is 0 Å². The molecule has 2 aromatic carbocycles. The molecule has 0 aliphatic carbocycles. The number of nitrogens with zero attached hydrogens (tertiary/aromatic N) is 3. The number of carbonyl (C=O) groups excluding carboxylic acids is 1. The Bertz CT molecular complexity index is 786. The highest BCUT2D eigenvalue weighted by Crippen LogP contribution is 2.17. The molecule has 128 valence electrons. The highest BCUT2D eigenvalue weighted by Gasteiger charge is 2.17. The molecule has 3 aromatic rings. The lowest BCUT2D eigenvalue weighted by Crippen LogP contribution is -2.32. The van der Waals surface area contributed by atoms with Crippen molar-refractivity contribution in [1.82, 2.24) is 20.3 Å². The molecule has 1 N–H and O–H groups in total. The summed E-state index contributed by atoms with van der Waals surface area (Å²) in [5.41, 5.74) is 1.58. The van der Waals surface area contributed by atoms with Crippen LogP contribution >= 0.6 is 0 Å². The van der Waals surface area contributed by atoms with Crippen LogP contribution in [0, 0.1) is 0 Å². The molecule has 1 heterocycles. The summed E-state index contributed by atoms with van der Waals surface area (Å²) in [6.45, 7) is 2.98. The van der Waals surface area contributed by atoms with E-state index in [4.69, 9.17) is 4.74 Å². The van der Waals surface area contributed by atoms with Crippen molar-refractivity contribution >= 4 is 5.91 Å². The van der Waals surface area contributed by atoms with Gasteiger partial charge in [0.25, 0.3) is 5.91 Å². The maximum Gasteiger partial charge on any atom is 0.251 e. The maximum atomic E-state index is 12.6. The van der Waals surface area contributed by atoms with Crippen LogP contribution < -0.4 is 10.1 Å². The van der Waals surface area contributed by atoms with Crippen LogP contribution in [0.25, 0.3) is 0 Å². The molecule has 0 spiro atoms. The quantitative estimate of drug-likeness (QED) is 0.720. The van der Waals surface area contributed by atoms with Gasteiger partial charge in [-0.2, -0.15) is 15.0 Å². The number of rotatable bonds is 7. The van der Waals surface area contributed by atoms with Gasteiger partial charge in [-0.25, -0.2) is 0 Å². The monoisotopic (exact) mass is 336 g/mol. The first-order chi connectivity index (χ1) is 12.3. The molecular formula is C19H20N4O2. The molecule has 6 nitrogen and oxygen atoms in total. The van der Waals surface area contributed by atoms with Gasteiger partial charge in [0.15, 0.2) is 0 Å². The molecule has 0 fully saturated rings. The molecule has 0 radical (unpaired) electrons. The second-order valence-electron chi connectivity index (χ2n) is 5.48. The lowest BCUT2D eigenvalue weighted by Gasteiger charge is -2.19. The zero-order valence-corrected chi connectivity index (χ0v) is 14.0. The number of aromatic nitrogens is 3. The predicted molar refractivity (Wildman–Crippen MR) is 94.3 cm³/mol. The lowest BCUT2D eigenvalue weighted by atomic mass is 10.1. The Morgan fingerprint density at radius 3 is 2.40 bits per heavy atom. The van der Waals surface area contributed by atoms with E-state index in [-0.39, 0.29) is 11.9 Å². The van der Waals surface area contributed by atoms with Crippen LogP contribution in [0.5, 0.6) is 5.75 Å². The summed E-state index contributed by atoms with van der Waals surface area (Å²) in [5.74, 6) is 0.600. The first kappa shape index (κ1) is 16.7. The predicted octanol–water partition coefficient (Wildman–Crippen LogP) is 2.85. The van der Waals surface area contributed by atoms with E-state index in [2.05, 4.69) is 15.5 Å². The molecule has 25 heavy (non-hydrogen) atoms. The Morgan fingerprint density at radius 2 is 1.76 bits per heavy atom. The number of amides is 1. The zero-order valence-electron chi connectivity index (χ0n) is 14.0. The van der Waals surface area contributed by atoms with E-state index in [0.717, 1.165) is 11.3 Å². The summed E-state index contributed by atoms with van der Waals surface area (Å²) >= 11 is 0. The van der Waals surface area contributed by atoms with Gasteiger partial charge in [0.1, 0.15) is 5.75 Å². The summed E-state index contributed by atoms with van der Waals surface area (Å²) in [7, 11) is 0. The standard InChI is InChI=1S/C19H20N4O2/c1-2-25-17-10-8-16(9-11-17)19(24)22-18(14-23-20-12-13-21-23)15-6-4-3-5-7-15/h3-13,18H,2,14H2,1H3,(H,22,24). The van der Waals surface area contributed by atoms with E-state index < -0.39 is 0 Å². The Kier molecular flexibility index (Phi) is 5.41. The van der Waals surface area contributed by atoms with Crippen LogP contribution in [0.2, 0.25) is 0 Å². The third-order valence-corrected chi connectivity index (χ3v) is 3.75. The van der Waals surface area contributed by atoms with Crippen molar-refractivity contribution in [3.05, 3.63) is 78.1 Å². The topological polar surface area (TPSA) is 69.0 Å². The minimum atomic E-state index is -0.229. The summed E-state index contributed by atoms with van der Waals surface area (Å²) in [5, 5.41) is 11.3. The molecule has 0 saturated carbocycles. The number of benzene rings is 2. The molecule has 0 bridgehead atoms. The molecule has 6 heteroatoms. The SMILES string of the molecule is CCOc1ccc(C(=O)NC(Cn2nccn2)c2ccccc2)cc1. The van der Waals surface area contributed by atoms with Crippen LogP contribution in [-0.4, -0.2) is 27.5 Å². The molecule has 0 saturated heterocycles. The van der Waals surface area contributed by atoms with Crippen molar-refractivity contribution in [1.29, 1.82) is 0 Å². The number of nitrogens with one attached hydrogen (secondary N) is 1. The number of ether oxygens (including phenoxy) is 1. The highest BCUT2D eigenvalue weighted by molar-refractivity contribution is 5.94. The number of hydrogen-bond acceptors (Lipinski definition) is 4. The minimum absolute atomic E-state index is 0.149. The van der Waals surface area contributed by atoms with Crippen molar-refractivity contribution in [2.45, 2.75) is 19.5 Å². The maximum absolute atomic E-state index is 12.6. The molecule has 0 aliphatic heterocycles. The van der Waals surface area contributed by atoms with Crippen LogP contribution in [0.4, 0.5) is 0 Å². The minimum Gasteiger partial charge on any atom is -0.494 e. The Morgan fingerprint density at radius 1 is 1.08 bits per heavy atom. The third kappa shape index (κ3) is 4.44. The summed E-state index contributed by atoms with van der Waals surface area (Å²) in [4.78, 5) is 14.2. The van der Waals surface area contributed by atoms with E-state index in [1.807, 2.05) is 37.3 Å². The van der Waals surface area contributed by atoms with Crippen molar-refractivity contribution < 1.29 is 9.53 Å². The van der Waals surface area contributed by atoms with Gasteiger partial charge in [-0.3, -0.25) is 4.79 Å². The van der Waals surface area contributed by atoms with Gasteiger partial charge < -0.3 is 10.1 Å². The van der Waals surface area contributed by atoms with Crippen molar-refractivity contribution in [3.63, 3.8) is 0 Å². The van der Waals surface area contributed by atoms with E-state index >= 15 is 0 Å². The summed E-state index contributed by atoms with van der Waals surface area (Å²) < 4.78 is 5.41. The average molecular weight is 336 g/mol. The fourth-order valence-corrected chi connectivity index (χ4v) is 2.53. The molecule has 0 aliphatic rings. The van der Waals surface area contributed by atoms with Crippen molar-refractivity contribution in [2.75, 3.05) is 6.61 Å². The molecule has 3 rings (SSSR count). The van der Waals surface area contributed by atoms with Gasteiger partial charge in [-0.15, -0.1) is 0 Å². The van der Waals surface area contributed by atoms with Crippen LogP contribution in [0.3, 0.4) is 0 Å². The van der Waals surface area contributed by atoms with Gasteiger partial charge >= 0.3 is 0 Å². The highest BCUT2D eigenvalue weighted by atomic mass is 16.5. The summed E-state index contributed by atoms with van der Waals surface area (Å²) in [6, 6.07) is 16.7. The molecule has 1 atom stereocenters. The second kappa shape index (κ2) is 8.10. The zero-order chi connectivity index (χ0) is 17.5. The lowest BCUT2D eigenvalue weighted by molar-refractivity contribution is 0.0930. The molecule has 1 unspecified atom stereocenters. The number of carbonyl (C=O) groups is 1. The molecular weight excluding hydrogens is 316 g/mol. The van der Waals surface area contributed by atoms with Gasteiger partial charge in [0.05, 0.1) is 31.6 Å². The molecule has 1 aromatic heterocycles. The normalized spacial score (nSPS) is 11.7. The van der Waals surface area contributed by atoms with Crippen molar-refractivity contribution in [3.8, 4) is 5.75 Å². The molecule has 1 amide bonds. The van der Waals surface area contributed by atoms with Crippen LogP contribution in [0.15, 0.2) is 67.0 Å². The number of hydrogen-bond donors (Lipinski definition) is 1. The fraction of sp³-hybridized carbons (Fsp3) is 0.211. The first-order valence-electron chi connectivity index (χ1n) is 8.19. The Labute approximate surface area is 146 Å². The third-order valence-electron chi connectivity index (χ3n) is 3.75. The first-order valence-corrected chi connectivity index (χ1v) is 8.19. The van der Waals surface area contributed by atoms with E-state index in [9.17, 15) is 4.79 Å². The second-order valence-corrected chi connectivity index (χ2v) is 5.48. The van der Waals surface area contributed by atoms with Crippen LogP contribution in [0.1, 0.15) is 28.9 Å².